The summed E-state index contributed by atoms with van der Waals surface area (Å²) < 4.78 is 0. The molecule has 0 unspecified atom stereocenters. The van der Waals surface area contributed by atoms with Crippen LogP contribution in [0.15, 0.2) is 6.33 Å². The Balaban J connectivity index is 3.16. The van der Waals surface area contributed by atoms with Gasteiger partial charge in [-0.1, -0.05) is 6.92 Å². The van der Waals surface area contributed by atoms with E-state index in [1.54, 1.807) is 0 Å². The van der Waals surface area contributed by atoms with Gasteiger partial charge < -0.3 is 15.1 Å². The zero-order valence-corrected chi connectivity index (χ0v) is 13.2. The van der Waals surface area contributed by atoms with Crippen molar-refractivity contribution in [3.05, 3.63) is 16.4 Å². The van der Waals surface area contributed by atoms with Crippen LogP contribution in [-0.4, -0.2) is 60.1 Å². The van der Waals surface area contributed by atoms with Crippen LogP contribution in [0.3, 0.4) is 0 Å². The van der Waals surface area contributed by atoms with Gasteiger partial charge in [0.05, 0.1) is 4.92 Å². The fourth-order valence-corrected chi connectivity index (χ4v) is 1.98. The molecule has 1 heterocycles. The molecule has 0 spiro atoms. The molecule has 118 valence electrons. The van der Waals surface area contributed by atoms with E-state index in [1.165, 1.54) is 6.33 Å². The lowest BCUT2D eigenvalue weighted by Gasteiger charge is -2.24. The Hall–Kier alpha value is -1.96. The first kappa shape index (κ1) is 17.1. The Labute approximate surface area is 125 Å². The van der Waals surface area contributed by atoms with Crippen LogP contribution in [0.2, 0.25) is 0 Å². The molecular formula is C13H24N6O2. The molecule has 0 fully saturated rings. The van der Waals surface area contributed by atoms with E-state index in [0.717, 1.165) is 19.5 Å². The van der Waals surface area contributed by atoms with E-state index in [2.05, 4.69) is 15.3 Å². The van der Waals surface area contributed by atoms with Crippen LogP contribution in [-0.2, 0) is 0 Å². The standard InChI is InChI=1S/C13H24N6O2/c1-5-7-18(9-8-17(3)4)13-11(19(20)21)12(14-6-2)15-10-16-13/h10H,5-9H2,1-4H3,(H,14,15,16). The molecule has 1 rings (SSSR count). The molecule has 0 aliphatic heterocycles. The maximum atomic E-state index is 11.4. The first-order valence-corrected chi connectivity index (χ1v) is 7.14. The highest BCUT2D eigenvalue weighted by atomic mass is 16.6. The molecule has 8 heteroatoms. The van der Waals surface area contributed by atoms with Gasteiger partial charge in [0.2, 0.25) is 11.6 Å². The summed E-state index contributed by atoms with van der Waals surface area (Å²) in [6, 6.07) is 0. The number of anilines is 2. The van der Waals surface area contributed by atoms with Gasteiger partial charge in [-0.25, -0.2) is 9.97 Å². The molecule has 0 bridgehead atoms. The van der Waals surface area contributed by atoms with Crippen molar-refractivity contribution >= 4 is 17.3 Å². The maximum Gasteiger partial charge on any atom is 0.353 e. The highest BCUT2D eigenvalue weighted by molar-refractivity contribution is 5.70. The van der Waals surface area contributed by atoms with Crippen LogP contribution in [0.4, 0.5) is 17.3 Å². The first-order chi connectivity index (χ1) is 10.0. The molecule has 0 amide bonds. The molecule has 1 aromatic rings. The highest BCUT2D eigenvalue weighted by Crippen LogP contribution is 2.31. The van der Waals surface area contributed by atoms with Gasteiger partial charge in [-0.2, -0.15) is 0 Å². The summed E-state index contributed by atoms with van der Waals surface area (Å²) in [4.78, 5) is 23.1. The van der Waals surface area contributed by atoms with E-state index >= 15 is 0 Å². The van der Waals surface area contributed by atoms with Crippen LogP contribution in [0, 0.1) is 10.1 Å². The van der Waals surface area contributed by atoms with Gasteiger partial charge >= 0.3 is 5.69 Å². The molecule has 1 N–H and O–H groups in total. The van der Waals surface area contributed by atoms with Crippen molar-refractivity contribution in [2.24, 2.45) is 0 Å². The number of nitro groups is 1. The molecule has 0 aromatic carbocycles. The number of nitrogens with one attached hydrogen (secondary N) is 1. The zero-order chi connectivity index (χ0) is 15.8. The van der Waals surface area contributed by atoms with E-state index in [0.29, 0.717) is 18.9 Å². The predicted octanol–water partition coefficient (Wildman–Crippen LogP) is 1.59. The van der Waals surface area contributed by atoms with Crippen molar-refractivity contribution in [1.82, 2.24) is 14.9 Å². The van der Waals surface area contributed by atoms with Gasteiger partial charge in [0.15, 0.2) is 0 Å². The maximum absolute atomic E-state index is 11.4. The molecule has 1 aromatic heterocycles. The second-order valence-electron chi connectivity index (χ2n) is 4.97. The Morgan fingerprint density at radius 2 is 1.95 bits per heavy atom. The third-order valence-electron chi connectivity index (χ3n) is 2.94. The van der Waals surface area contributed by atoms with E-state index in [9.17, 15) is 10.1 Å². The number of likely N-dealkylation sites (N-methyl/N-ethyl adjacent to an activating group) is 1. The molecule has 0 aliphatic rings. The quantitative estimate of drug-likeness (QED) is 0.547. The minimum absolute atomic E-state index is 0.0495. The largest absolute Gasteiger partial charge is 0.364 e. The lowest BCUT2D eigenvalue weighted by Crippen LogP contribution is -2.33. The number of nitrogens with zero attached hydrogens (tertiary/aromatic N) is 5. The number of aromatic nitrogens is 2. The van der Waals surface area contributed by atoms with Gasteiger partial charge in [-0.05, 0) is 27.4 Å². The van der Waals surface area contributed by atoms with Crippen molar-refractivity contribution < 1.29 is 4.92 Å². The second kappa shape index (κ2) is 8.35. The fourth-order valence-electron chi connectivity index (χ4n) is 1.98. The minimum atomic E-state index is -0.411. The second-order valence-corrected chi connectivity index (χ2v) is 4.97. The van der Waals surface area contributed by atoms with Crippen LogP contribution in [0.25, 0.3) is 0 Å². The molecule has 0 aliphatic carbocycles. The van der Waals surface area contributed by atoms with E-state index in [-0.39, 0.29) is 11.5 Å². The monoisotopic (exact) mass is 296 g/mol. The van der Waals surface area contributed by atoms with Gasteiger partial charge in [0, 0.05) is 26.2 Å². The molecular weight excluding hydrogens is 272 g/mol. The van der Waals surface area contributed by atoms with E-state index < -0.39 is 4.92 Å². The van der Waals surface area contributed by atoms with E-state index in [4.69, 9.17) is 0 Å². The Bertz CT molecular complexity index is 466. The van der Waals surface area contributed by atoms with Gasteiger partial charge in [-0.15, -0.1) is 0 Å². The third-order valence-corrected chi connectivity index (χ3v) is 2.94. The molecule has 0 atom stereocenters. The Morgan fingerprint density at radius 3 is 2.48 bits per heavy atom. The number of hydrogen-bond acceptors (Lipinski definition) is 7. The fraction of sp³-hybridized carbons (Fsp3) is 0.692. The minimum Gasteiger partial charge on any atom is -0.364 e. The average Bonchev–Trinajstić information content (AvgIpc) is 2.43. The van der Waals surface area contributed by atoms with Crippen LogP contribution in [0.1, 0.15) is 20.3 Å². The van der Waals surface area contributed by atoms with Crippen LogP contribution >= 0.6 is 0 Å². The summed E-state index contributed by atoms with van der Waals surface area (Å²) in [6.07, 6.45) is 2.27. The molecule has 0 saturated heterocycles. The normalized spacial score (nSPS) is 10.7. The number of hydrogen-bond donors (Lipinski definition) is 1. The molecule has 0 radical (unpaired) electrons. The van der Waals surface area contributed by atoms with Crippen molar-refractivity contribution in [3.63, 3.8) is 0 Å². The lowest BCUT2D eigenvalue weighted by molar-refractivity contribution is -0.383. The summed E-state index contributed by atoms with van der Waals surface area (Å²) in [6.45, 7) is 6.70. The zero-order valence-electron chi connectivity index (χ0n) is 13.2. The predicted molar refractivity (Wildman–Crippen MR) is 83.9 cm³/mol. The lowest BCUT2D eigenvalue weighted by atomic mass is 10.3. The van der Waals surface area contributed by atoms with Crippen molar-refractivity contribution in [1.29, 1.82) is 0 Å². The summed E-state index contributed by atoms with van der Waals surface area (Å²) in [7, 11) is 3.95. The van der Waals surface area contributed by atoms with Gasteiger partial charge in [0.1, 0.15) is 6.33 Å². The summed E-state index contributed by atoms with van der Waals surface area (Å²) in [5, 5.41) is 14.3. The molecule has 0 saturated carbocycles. The van der Waals surface area contributed by atoms with Crippen molar-refractivity contribution in [2.75, 3.05) is 50.5 Å². The summed E-state index contributed by atoms with van der Waals surface area (Å²) >= 11 is 0. The first-order valence-electron chi connectivity index (χ1n) is 7.14. The smallest absolute Gasteiger partial charge is 0.353 e. The van der Waals surface area contributed by atoms with Crippen LogP contribution in [0.5, 0.6) is 0 Å². The van der Waals surface area contributed by atoms with Crippen molar-refractivity contribution in [2.45, 2.75) is 20.3 Å². The SMILES string of the molecule is CCCN(CCN(C)C)c1ncnc(NCC)c1[N+](=O)[O-]. The molecule has 21 heavy (non-hydrogen) atoms. The van der Waals surface area contributed by atoms with Crippen molar-refractivity contribution in [3.8, 4) is 0 Å². The van der Waals surface area contributed by atoms with Crippen LogP contribution < -0.4 is 10.2 Å². The van der Waals surface area contributed by atoms with Gasteiger partial charge in [-0.3, -0.25) is 10.1 Å². The van der Waals surface area contributed by atoms with Gasteiger partial charge in [0.25, 0.3) is 0 Å². The third kappa shape index (κ3) is 4.82. The average molecular weight is 296 g/mol. The number of rotatable bonds is 9. The Morgan fingerprint density at radius 1 is 1.24 bits per heavy atom. The van der Waals surface area contributed by atoms with E-state index in [1.807, 2.05) is 37.7 Å². The summed E-state index contributed by atoms with van der Waals surface area (Å²) in [5.74, 6) is 0.660. The topological polar surface area (TPSA) is 87.4 Å². The summed E-state index contributed by atoms with van der Waals surface area (Å²) in [5.41, 5.74) is -0.0495. The molecule has 8 nitrogen and oxygen atoms in total. The Kier molecular flexibility index (Phi) is 6.80. The highest BCUT2D eigenvalue weighted by Gasteiger charge is 2.26.